The fourth-order valence-electron chi connectivity index (χ4n) is 2.07. The Kier molecular flexibility index (Phi) is 15.1. The molecule has 2 aliphatic carbocycles. The smallest absolute Gasteiger partial charge is 0.174 e. The SMILES string of the molecule is CSC(=[SH+])[N-]N=C1CCCC1.CSC(=[SH+])[N-]N=C1CCCC1.[Pd]. The Morgan fingerprint density at radius 1 is 0.783 bits per heavy atom. The molecule has 4 nitrogen and oxygen atoms in total. The Hall–Kier alpha value is 0.482. The molecule has 2 rings (SSSR count). The maximum atomic E-state index is 4.11. The first-order chi connectivity index (χ1) is 10.7. The van der Waals surface area contributed by atoms with Gasteiger partial charge in [0, 0.05) is 20.4 Å². The predicted octanol–water partition coefficient (Wildman–Crippen LogP) is 4.04. The maximum absolute atomic E-state index is 4.11. The van der Waals surface area contributed by atoms with E-state index in [2.05, 4.69) is 45.5 Å². The second kappa shape index (κ2) is 14.8. The Balaban J connectivity index is 0.000000403. The van der Waals surface area contributed by atoms with Crippen LogP contribution < -0.4 is 0 Å². The van der Waals surface area contributed by atoms with Gasteiger partial charge < -0.3 is 21.1 Å². The maximum Gasteiger partial charge on any atom is 0.174 e. The fraction of sp³-hybridized carbons (Fsp3) is 0.714. The summed E-state index contributed by atoms with van der Waals surface area (Å²) < 4.78 is 1.48. The molecular weight excluding hydrogens is 459 g/mol. The molecule has 0 radical (unpaired) electrons. The Morgan fingerprint density at radius 2 is 1.09 bits per heavy atom. The first kappa shape index (κ1) is 23.5. The molecule has 2 aliphatic rings. The van der Waals surface area contributed by atoms with Crippen LogP contribution in [0.2, 0.25) is 0 Å². The molecule has 0 aromatic rings. The minimum absolute atomic E-state index is 0. The minimum Gasteiger partial charge on any atom is -0.520 e. The van der Waals surface area contributed by atoms with Crippen LogP contribution in [0.4, 0.5) is 0 Å². The Labute approximate surface area is 172 Å². The van der Waals surface area contributed by atoms with Crippen LogP contribution in [0.15, 0.2) is 10.2 Å². The standard InChI is InChI=1S/2C7H12N2S2.Pd/c2*1-11-7(10)9-8-6-4-2-3-5-6;/h2*2-5H2,1H3,(H,9,10);. The summed E-state index contributed by atoms with van der Waals surface area (Å²) in [4.78, 5) is 0. The van der Waals surface area contributed by atoms with Crippen molar-refractivity contribution in [3.63, 3.8) is 0 Å². The first-order valence-electron chi connectivity index (χ1n) is 7.38. The van der Waals surface area contributed by atoms with Crippen molar-refractivity contribution in [1.82, 2.24) is 0 Å². The van der Waals surface area contributed by atoms with E-state index in [1.807, 2.05) is 12.5 Å². The number of rotatable bonds is 2. The molecule has 0 aromatic carbocycles. The van der Waals surface area contributed by atoms with E-state index in [0.29, 0.717) is 0 Å². The van der Waals surface area contributed by atoms with Crippen LogP contribution in [0.1, 0.15) is 51.4 Å². The van der Waals surface area contributed by atoms with Gasteiger partial charge in [-0.05, 0) is 75.3 Å². The number of hydrogen-bond acceptors (Lipinski definition) is 4. The average Bonchev–Trinajstić information content (AvgIpc) is 3.24. The van der Waals surface area contributed by atoms with E-state index < -0.39 is 0 Å². The molecular formula is C14H24N4PdS4. The number of thiol groups is 2. The molecule has 0 atom stereocenters. The normalized spacial score (nSPS) is 15.9. The molecule has 0 aromatic heterocycles. The third-order valence-electron chi connectivity index (χ3n) is 3.28. The number of thioether (sulfide) groups is 2. The topological polar surface area (TPSA) is 52.9 Å². The van der Waals surface area contributed by atoms with Gasteiger partial charge in [0.15, 0.2) is 33.1 Å². The van der Waals surface area contributed by atoms with Gasteiger partial charge >= 0.3 is 0 Å². The average molecular weight is 483 g/mol. The van der Waals surface area contributed by atoms with Crippen molar-refractivity contribution in [2.45, 2.75) is 51.4 Å². The predicted molar refractivity (Wildman–Crippen MR) is 113 cm³/mol. The van der Waals surface area contributed by atoms with Crippen molar-refractivity contribution in [2.24, 2.45) is 10.2 Å². The van der Waals surface area contributed by atoms with Gasteiger partial charge in [-0.25, -0.2) is 0 Å². The summed E-state index contributed by atoms with van der Waals surface area (Å²) in [5, 5.41) is 8.20. The molecule has 0 bridgehead atoms. The number of nitrogens with zero attached hydrogens (tertiary/aromatic N) is 4. The molecule has 0 spiro atoms. The molecule has 0 N–H and O–H groups in total. The zero-order valence-corrected chi connectivity index (χ0v) is 18.4. The molecule has 0 unspecified atom stereocenters. The van der Waals surface area contributed by atoms with Gasteiger partial charge in [0.05, 0.1) is 0 Å². The molecule has 2 fully saturated rings. The van der Waals surface area contributed by atoms with Gasteiger partial charge in [-0.3, -0.25) is 0 Å². The summed E-state index contributed by atoms with van der Waals surface area (Å²) in [6.07, 6.45) is 13.5. The van der Waals surface area contributed by atoms with Crippen LogP contribution in [0.3, 0.4) is 0 Å². The summed E-state index contributed by atoms with van der Waals surface area (Å²) in [7, 11) is 0. The summed E-state index contributed by atoms with van der Waals surface area (Å²) in [6.45, 7) is 0. The van der Waals surface area contributed by atoms with E-state index in [9.17, 15) is 0 Å². The van der Waals surface area contributed by atoms with Crippen LogP contribution in [-0.4, -0.2) is 32.6 Å². The summed E-state index contributed by atoms with van der Waals surface area (Å²) in [5.74, 6) is 0. The minimum atomic E-state index is 0. The third kappa shape index (κ3) is 11.6. The molecule has 0 heterocycles. The van der Waals surface area contributed by atoms with Gasteiger partial charge in [-0.15, -0.1) is 0 Å². The van der Waals surface area contributed by atoms with E-state index in [1.165, 1.54) is 60.6 Å². The van der Waals surface area contributed by atoms with E-state index in [-0.39, 0.29) is 20.4 Å². The van der Waals surface area contributed by atoms with Gasteiger partial charge in [0.1, 0.15) is 0 Å². The zero-order chi connectivity index (χ0) is 16.2. The van der Waals surface area contributed by atoms with Crippen molar-refractivity contribution in [2.75, 3.05) is 12.5 Å². The Bertz CT molecular complexity index is 384. The number of hydrogen-bond donors (Lipinski definition) is 0. The van der Waals surface area contributed by atoms with Crippen LogP contribution in [0.25, 0.3) is 10.9 Å². The van der Waals surface area contributed by atoms with Crippen molar-refractivity contribution >= 4 is 68.0 Å². The Morgan fingerprint density at radius 3 is 1.35 bits per heavy atom. The molecule has 23 heavy (non-hydrogen) atoms. The molecule has 0 aliphatic heterocycles. The van der Waals surface area contributed by atoms with Crippen molar-refractivity contribution < 1.29 is 20.4 Å². The van der Waals surface area contributed by atoms with Crippen LogP contribution >= 0.6 is 23.5 Å². The first-order valence-corrected chi connectivity index (χ1v) is 10.7. The van der Waals surface area contributed by atoms with Crippen LogP contribution in [0, 0.1) is 0 Å². The van der Waals surface area contributed by atoms with Crippen molar-refractivity contribution in [3.05, 3.63) is 10.9 Å². The molecule has 2 saturated carbocycles. The molecule has 0 amide bonds. The second-order valence-corrected chi connectivity index (χ2v) is 7.96. The van der Waals surface area contributed by atoms with E-state index in [1.54, 1.807) is 0 Å². The largest absolute Gasteiger partial charge is 0.520 e. The third-order valence-corrected chi connectivity index (χ3v) is 5.45. The van der Waals surface area contributed by atoms with Gasteiger partial charge in [-0.2, -0.15) is 0 Å². The molecule has 134 valence electrons. The van der Waals surface area contributed by atoms with E-state index in [4.69, 9.17) is 0 Å². The van der Waals surface area contributed by atoms with Gasteiger partial charge in [-0.1, -0.05) is 23.5 Å². The van der Waals surface area contributed by atoms with Crippen molar-refractivity contribution in [1.29, 1.82) is 0 Å². The summed E-state index contributed by atoms with van der Waals surface area (Å²) >= 11 is 11.2. The van der Waals surface area contributed by atoms with Crippen molar-refractivity contribution in [3.8, 4) is 0 Å². The molecule has 0 saturated heterocycles. The van der Waals surface area contributed by atoms with Gasteiger partial charge in [0.25, 0.3) is 0 Å². The van der Waals surface area contributed by atoms with E-state index >= 15 is 0 Å². The monoisotopic (exact) mass is 482 g/mol. The second-order valence-electron chi connectivity index (χ2n) is 4.92. The fourth-order valence-corrected chi connectivity index (χ4v) is 2.41. The van der Waals surface area contributed by atoms with Crippen LogP contribution in [0.5, 0.6) is 0 Å². The quantitative estimate of drug-likeness (QED) is 0.196. The van der Waals surface area contributed by atoms with Crippen LogP contribution in [-0.2, 0) is 44.9 Å². The summed E-state index contributed by atoms with van der Waals surface area (Å²) in [5.41, 5.74) is 10.4. The van der Waals surface area contributed by atoms with E-state index in [0.717, 1.165) is 34.3 Å². The summed E-state index contributed by atoms with van der Waals surface area (Å²) in [6, 6.07) is 0. The van der Waals surface area contributed by atoms with Gasteiger partial charge in [0.2, 0.25) is 0 Å². The zero-order valence-electron chi connectivity index (χ0n) is 13.5. The molecule has 9 heteroatoms.